The summed E-state index contributed by atoms with van der Waals surface area (Å²) in [6, 6.07) is 13.4. The fourth-order valence-electron chi connectivity index (χ4n) is 3.94. The zero-order chi connectivity index (χ0) is 20.4. The third-order valence-corrected chi connectivity index (χ3v) is 5.33. The van der Waals surface area contributed by atoms with Crippen LogP contribution in [0.2, 0.25) is 0 Å². The minimum absolute atomic E-state index is 0. The van der Waals surface area contributed by atoms with Gasteiger partial charge in [0.2, 0.25) is 0 Å². The number of hydrogen-bond donors (Lipinski definition) is 0. The van der Waals surface area contributed by atoms with Gasteiger partial charge in [0, 0.05) is 12.0 Å². The summed E-state index contributed by atoms with van der Waals surface area (Å²) in [5.74, 6) is 1.86. The first-order valence-corrected chi connectivity index (χ1v) is 10.0. The molecule has 0 saturated carbocycles. The molecule has 1 aliphatic rings. The molecule has 2 heterocycles. The molecule has 0 saturated heterocycles. The van der Waals surface area contributed by atoms with Crippen LogP contribution in [-0.2, 0) is 19.1 Å². The number of ether oxygens (including phenoxy) is 1. The second-order valence-electron chi connectivity index (χ2n) is 7.27. The second-order valence-corrected chi connectivity index (χ2v) is 7.27. The van der Waals surface area contributed by atoms with Gasteiger partial charge in [-0.3, -0.25) is 0 Å². The van der Waals surface area contributed by atoms with Crippen LogP contribution in [0.25, 0.3) is 16.9 Å². The minimum atomic E-state index is -4.36. The van der Waals surface area contributed by atoms with Gasteiger partial charge in [0.05, 0.1) is 18.7 Å². The van der Waals surface area contributed by atoms with Gasteiger partial charge >= 0.3 is 6.18 Å². The summed E-state index contributed by atoms with van der Waals surface area (Å²) in [5, 5.41) is 0. The normalized spacial score (nSPS) is 13.9. The maximum Gasteiger partial charge on any atom is 0.416 e. The van der Waals surface area contributed by atoms with Crippen LogP contribution in [0, 0.1) is 0 Å². The molecule has 7 heteroatoms. The average molecular weight is 481 g/mol. The molecular formula is C23H24BrF3N2O. The average Bonchev–Trinajstić information content (AvgIpc) is 2.89. The fourth-order valence-corrected chi connectivity index (χ4v) is 3.94. The van der Waals surface area contributed by atoms with Crippen molar-refractivity contribution in [2.75, 3.05) is 6.61 Å². The molecule has 0 aliphatic carbocycles. The van der Waals surface area contributed by atoms with Crippen LogP contribution in [0.5, 0.6) is 5.75 Å². The molecule has 1 aromatic heterocycles. The van der Waals surface area contributed by atoms with E-state index in [1.807, 2.05) is 42.0 Å². The number of nitrogens with zero attached hydrogens (tertiary/aromatic N) is 2. The Balaban J connectivity index is 0.00000256. The predicted molar refractivity (Wildman–Crippen MR) is 105 cm³/mol. The lowest BCUT2D eigenvalue weighted by Crippen LogP contribution is -3.00. The molecule has 0 bridgehead atoms. The molecule has 3 aromatic rings. The van der Waals surface area contributed by atoms with E-state index in [4.69, 9.17) is 4.74 Å². The highest BCUT2D eigenvalue weighted by Gasteiger charge is 2.32. The summed E-state index contributed by atoms with van der Waals surface area (Å²) in [6.07, 6.45) is 1.66. The first kappa shape index (κ1) is 22.4. The number of rotatable bonds is 4. The van der Waals surface area contributed by atoms with E-state index in [9.17, 15) is 13.2 Å². The fraction of sp³-hybridized carbons (Fsp3) is 0.348. The minimum Gasteiger partial charge on any atom is -1.00 e. The highest BCUT2D eigenvalue weighted by atomic mass is 79.9. The van der Waals surface area contributed by atoms with Crippen molar-refractivity contribution in [1.82, 2.24) is 4.57 Å². The Hall–Kier alpha value is -2.28. The number of imidazole rings is 1. The first-order valence-electron chi connectivity index (χ1n) is 10.0. The molecule has 4 rings (SSSR count). The molecule has 0 radical (unpaired) electrons. The van der Waals surface area contributed by atoms with Crippen LogP contribution in [0.4, 0.5) is 13.2 Å². The van der Waals surface area contributed by atoms with Crippen molar-refractivity contribution in [3.8, 4) is 22.7 Å². The summed E-state index contributed by atoms with van der Waals surface area (Å²) < 4.78 is 49.4. The lowest BCUT2D eigenvalue weighted by atomic mass is 10.1. The van der Waals surface area contributed by atoms with E-state index in [0.29, 0.717) is 12.3 Å². The predicted octanol–water partition coefficient (Wildman–Crippen LogP) is 2.58. The highest BCUT2D eigenvalue weighted by molar-refractivity contribution is 5.58. The van der Waals surface area contributed by atoms with E-state index in [1.165, 1.54) is 12.1 Å². The molecule has 0 N–H and O–H groups in total. The zero-order valence-corrected chi connectivity index (χ0v) is 18.3. The molecule has 160 valence electrons. The van der Waals surface area contributed by atoms with Crippen LogP contribution >= 0.6 is 0 Å². The molecule has 3 nitrogen and oxygen atoms in total. The van der Waals surface area contributed by atoms with Crippen molar-refractivity contribution >= 4 is 0 Å². The summed E-state index contributed by atoms with van der Waals surface area (Å²) >= 11 is 0. The molecule has 0 amide bonds. The van der Waals surface area contributed by atoms with Gasteiger partial charge in [0.15, 0.2) is 5.69 Å². The van der Waals surface area contributed by atoms with E-state index in [-0.39, 0.29) is 17.0 Å². The van der Waals surface area contributed by atoms with Crippen molar-refractivity contribution in [3.05, 3.63) is 66.1 Å². The molecule has 0 atom stereocenters. The molecular weight excluding hydrogens is 457 g/mol. The molecule has 0 unspecified atom stereocenters. The lowest BCUT2D eigenvalue weighted by molar-refractivity contribution is -0.692. The number of fused-ring (bicyclic) bond motifs is 1. The Kier molecular flexibility index (Phi) is 6.91. The number of hydrogen-bond acceptors (Lipinski definition) is 1. The highest BCUT2D eigenvalue weighted by Crippen LogP contribution is 2.31. The molecule has 0 fully saturated rings. The Labute approximate surface area is 184 Å². The molecule has 30 heavy (non-hydrogen) atoms. The van der Waals surface area contributed by atoms with Gasteiger partial charge < -0.3 is 21.7 Å². The van der Waals surface area contributed by atoms with Gasteiger partial charge in [-0.15, -0.1) is 0 Å². The topological polar surface area (TPSA) is 18.0 Å². The molecule has 2 aromatic carbocycles. The SMILES string of the molecule is CCOc1ccc(-c2cn(-c3cccc(C(F)(F)F)c3)c3[n+]2CCCCC3)cc1.[Br-]. The van der Waals surface area contributed by atoms with Gasteiger partial charge in [-0.25, -0.2) is 4.57 Å². The molecule has 0 spiro atoms. The van der Waals surface area contributed by atoms with Gasteiger partial charge in [-0.2, -0.15) is 17.7 Å². The summed E-state index contributed by atoms with van der Waals surface area (Å²) in [4.78, 5) is 0. The standard InChI is InChI=1S/C23H24F3N2O.BrH/c1-2-29-20-12-10-17(11-13-20)21-16-28(22-9-4-3-5-14-27(21)22)19-8-6-7-18(15-19)23(24,25)26;/h6-8,10-13,15-16H,2-5,9,14H2,1H3;1H/q+1;/p-1. The maximum atomic E-state index is 13.2. The van der Waals surface area contributed by atoms with E-state index in [1.54, 1.807) is 6.07 Å². The Morgan fingerprint density at radius 2 is 1.80 bits per heavy atom. The Morgan fingerprint density at radius 1 is 1.03 bits per heavy atom. The van der Waals surface area contributed by atoms with Crippen LogP contribution in [0.3, 0.4) is 0 Å². The first-order chi connectivity index (χ1) is 14.0. The summed E-state index contributed by atoms with van der Waals surface area (Å²) in [6.45, 7) is 3.41. The lowest BCUT2D eigenvalue weighted by Gasteiger charge is -2.08. The third kappa shape index (κ3) is 4.56. The largest absolute Gasteiger partial charge is 1.00 e. The van der Waals surface area contributed by atoms with Crippen molar-refractivity contribution in [2.24, 2.45) is 0 Å². The number of halogens is 4. The van der Waals surface area contributed by atoms with Gasteiger partial charge in [-0.1, -0.05) is 6.07 Å². The quantitative estimate of drug-likeness (QED) is 0.525. The van der Waals surface area contributed by atoms with Crippen LogP contribution in [0.15, 0.2) is 54.7 Å². The van der Waals surface area contributed by atoms with Gasteiger partial charge in [-0.05, 0) is 68.7 Å². The monoisotopic (exact) mass is 480 g/mol. The number of aromatic nitrogens is 2. The van der Waals surface area contributed by atoms with Crippen LogP contribution < -0.4 is 26.3 Å². The third-order valence-electron chi connectivity index (χ3n) is 5.33. The van der Waals surface area contributed by atoms with E-state index < -0.39 is 11.7 Å². The number of benzene rings is 2. The molecule has 1 aliphatic heterocycles. The second kappa shape index (κ2) is 9.25. The Morgan fingerprint density at radius 3 is 2.50 bits per heavy atom. The van der Waals surface area contributed by atoms with Crippen LogP contribution in [0.1, 0.15) is 37.6 Å². The zero-order valence-electron chi connectivity index (χ0n) is 16.8. The van der Waals surface area contributed by atoms with E-state index >= 15 is 0 Å². The van der Waals surface area contributed by atoms with Crippen molar-refractivity contribution in [3.63, 3.8) is 0 Å². The van der Waals surface area contributed by atoms with E-state index in [2.05, 4.69) is 4.57 Å². The van der Waals surface area contributed by atoms with Gasteiger partial charge in [0.1, 0.15) is 17.6 Å². The maximum absolute atomic E-state index is 13.2. The van der Waals surface area contributed by atoms with Crippen molar-refractivity contribution in [1.29, 1.82) is 0 Å². The number of alkyl halides is 3. The van der Waals surface area contributed by atoms with Crippen molar-refractivity contribution < 1.29 is 39.5 Å². The van der Waals surface area contributed by atoms with Crippen molar-refractivity contribution in [2.45, 2.75) is 45.3 Å². The smallest absolute Gasteiger partial charge is 0.416 e. The van der Waals surface area contributed by atoms with E-state index in [0.717, 1.165) is 61.1 Å². The van der Waals surface area contributed by atoms with Crippen LogP contribution in [-0.4, -0.2) is 11.2 Å². The van der Waals surface area contributed by atoms with Gasteiger partial charge in [0.25, 0.3) is 5.82 Å². The summed E-state index contributed by atoms with van der Waals surface area (Å²) in [5.41, 5.74) is 1.96. The Bertz CT molecular complexity index is 997. The summed E-state index contributed by atoms with van der Waals surface area (Å²) in [7, 11) is 0.